The minimum absolute atomic E-state index is 0.00399. The summed E-state index contributed by atoms with van der Waals surface area (Å²) in [5.41, 5.74) is 0. The predicted octanol–water partition coefficient (Wildman–Crippen LogP) is 3.00. The molecule has 1 aromatic rings. The fourth-order valence-electron chi connectivity index (χ4n) is 1.22. The third kappa shape index (κ3) is 5.54. The highest BCUT2D eigenvalue weighted by atomic mass is 32.2. The van der Waals surface area contributed by atoms with Gasteiger partial charge < -0.3 is 5.32 Å². The zero-order valence-electron chi connectivity index (χ0n) is 9.62. The van der Waals surface area contributed by atoms with Crippen molar-refractivity contribution in [3.05, 3.63) is 42.7 Å². The van der Waals surface area contributed by atoms with Crippen LogP contribution in [0.3, 0.4) is 0 Å². The van der Waals surface area contributed by atoms with Crippen LogP contribution in [0.15, 0.2) is 41.8 Å². The van der Waals surface area contributed by atoms with Crippen LogP contribution in [0, 0.1) is 5.82 Å². The van der Waals surface area contributed by atoms with Crippen LogP contribution in [0.1, 0.15) is 12.8 Å². The van der Waals surface area contributed by atoms with Gasteiger partial charge in [-0.2, -0.15) is 0 Å². The summed E-state index contributed by atoms with van der Waals surface area (Å²) < 4.78 is 13.2. The average Bonchev–Trinajstić information content (AvgIpc) is 2.32. The van der Waals surface area contributed by atoms with Gasteiger partial charge in [0.1, 0.15) is 5.82 Å². The van der Waals surface area contributed by atoms with Gasteiger partial charge in [-0.25, -0.2) is 4.39 Å². The highest BCUT2D eigenvalue weighted by molar-refractivity contribution is 7.99. The normalized spacial score (nSPS) is 9.94. The van der Waals surface area contributed by atoms with Gasteiger partial charge in [0, 0.05) is 23.6 Å². The number of hydrogen-bond donors (Lipinski definition) is 1. The van der Waals surface area contributed by atoms with Gasteiger partial charge in [0.2, 0.25) is 5.91 Å². The Hall–Kier alpha value is -1.29. The maximum absolute atomic E-state index is 13.2. The maximum Gasteiger partial charge on any atom is 0.220 e. The van der Waals surface area contributed by atoms with E-state index in [0.29, 0.717) is 23.6 Å². The standard InChI is InChI=1S/C13H16FNOS/c1-2-3-9-15-13(16)8-10-17-12-7-5-4-6-11(12)14/h2,4-7H,1,3,8-10H2,(H,15,16). The molecule has 0 aliphatic carbocycles. The van der Waals surface area contributed by atoms with Gasteiger partial charge in [-0.05, 0) is 18.6 Å². The monoisotopic (exact) mass is 253 g/mol. The van der Waals surface area contributed by atoms with Crippen molar-refractivity contribution in [2.75, 3.05) is 12.3 Å². The van der Waals surface area contributed by atoms with Crippen molar-refractivity contribution in [1.82, 2.24) is 5.32 Å². The topological polar surface area (TPSA) is 29.1 Å². The molecule has 2 nitrogen and oxygen atoms in total. The molecule has 17 heavy (non-hydrogen) atoms. The van der Waals surface area contributed by atoms with E-state index < -0.39 is 0 Å². The van der Waals surface area contributed by atoms with Crippen LogP contribution < -0.4 is 5.32 Å². The summed E-state index contributed by atoms with van der Waals surface area (Å²) in [6, 6.07) is 6.58. The molecule has 92 valence electrons. The second kappa shape index (κ2) is 7.90. The molecule has 0 bridgehead atoms. The molecule has 0 heterocycles. The highest BCUT2D eigenvalue weighted by Crippen LogP contribution is 2.21. The van der Waals surface area contributed by atoms with Crippen molar-refractivity contribution in [3.8, 4) is 0 Å². The Kier molecular flexibility index (Phi) is 6.40. The van der Waals surface area contributed by atoms with Crippen LogP contribution in [0.5, 0.6) is 0 Å². The van der Waals surface area contributed by atoms with Crippen molar-refractivity contribution >= 4 is 17.7 Å². The molecular formula is C13H16FNOS. The van der Waals surface area contributed by atoms with Crippen LogP contribution in [-0.2, 0) is 4.79 Å². The molecule has 4 heteroatoms. The number of carbonyl (C=O) groups excluding carboxylic acids is 1. The Morgan fingerprint density at radius 3 is 2.94 bits per heavy atom. The van der Waals surface area contributed by atoms with E-state index in [1.165, 1.54) is 17.8 Å². The van der Waals surface area contributed by atoms with Crippen LogP contribution >= 0.6 is 11.8 Å². The van der Waals surface area contributed by atoms with Gasteiger partial charge >= 0.3 is 0 Å². The molecule has 1 N–H and O–H groups in total. The van der Waals surface area contributed by atoms with Crippen LogP contribution in [0.25, 0.3) is 0 Å². The predicted molar refractivity (Wildman–Crippen MR) is 69.6 cm³/mol. The van der Waals surface area contributed by atoms with Gasteiger partial charge in [0.15, 0.2) is 0 Å². The van der Waals surface area contributed by atoms with E-state index in [0.717, 1.165) is 6.42 Å². The molecule has 0 aromatic heterocycles. The number of carbonyl (C=O) groups is 1. The summed E-state index contributed by atoms with van der Waals surface area (Å²) in [7, 11) is 0. The molecule has 0 aliphatic rings. The number of rotatable bonds is 7. The van der Waals surface area contributed by atoms with Crippen LogP contribution in [0.2, 0.25) is 0 Å². The van der Waals surface area contributed by atoms with Crippen molar-refractivity contribution in [1.29, 1.82) is 0 Å². The SMILES string of the molecule is C=CCCNC(=O)CCSc1ccccc1F. The molecule has 0 saturated heterocycles. The quantitative estimate of drug-likeness (QED) is 0.460. The average molecular weight is 253 g/mol. The number of hydrogen-bond acceptors (Lipinski definition) is 2. The van der Waals surface area contributed by atoms with Crippen molar-refractivity contribution in [2.45, 2.75) is 17.7 Å². The minimum Gasteiger partial charge on any atom is -0.356 e. The minimum atomic E-state index is -0.232. The number of thioether (sulfide) groups is 1. The first-order valence-corrected chi connectivity index (χ1v) is 6.47. The Morgan fingerprint density at radius 2 is 2.24 bits per heavy atom. The molecule has 0 unspecified atom stereocenters. The zero-order valence-corrected chi connectivity index (χ0v) is 10.4. The molecule has 0 saturated carbocycles. The van der Waals surface area contributed by atoms with Crippen molar-refractivity contribution in [3.63, 3.8) is 0 Å². The Labute approximate surface area is 105 Å². The van der Waals surface area contributed by atoms with Gasteiger partial charge in [-0.1, -0.05) is 18.2 Å². The third-order valence-corrected chi connectivity index (χ3v) is 3.14. The van der Waals surface area contributed by atoms with E-state index >= 15 is 0 Å². The van der Waals surface area contributed by atoms with Gasteiger partial charge in [0.05, 0.1) is 0 Å². The molecular weight excluding hydrogens is 237 g/mol. The second-order valence-electron chi connectivity index (χ2n) is 3.46. The van der Waals surface area contributed by atoms with Gasteiger partial charge in [-0.15, -0.1) is 18.3 Å². The van der Waals surface area contributed by atoms with Crippen LogP contribution in [0.4, 0.5) is 4.39 Å². The lowest BCUT2D eigenvalue weighted by atomic mass is 10.3. The summed E-state index contributed by atoms with van der Waals surface area (Å²) in [4.78, 5) is 11.9. The number of nitrogens with one attached hydrogen (secondary N) is 1. The lowest BCUT2D eigenvalue weighted by molar-refractivity contribution is -0.120. The molecule has 0 atom stereocenters. The van der Waals surface area contributed by atoms with Crippen molar-refractivity contribution < 1.29 is 9.18 Å². The van der Waals surface area contributed by atoms with Gasteiger partial charge in [-0.3, -0.25) is 4.79 Å². The van der Waals surface area contributed by atoms with Crippen LogP contribution in [-0.4, -0.2) is 18.2 Å². The van der Waals surface area contributed by atoms with E-state index in [9.17, 15) is 9.18 Å². The van der Waals surface area contributed by atoms with Crippen molar-refractivity contribution in [2.24, 2.45) is 0 Å². The maximum atomic E-state index is 13.2. The summed E-state index contributed by atoms with van der Waals surface area (Å²) in [6.07, 6.45) is 2.93. The van der Waals surface area contributed by atoms with E-state index in [2.05, 4.69) is 11.9 Å². The van der Waals surface area contributed by atoms with E-state index in [1.54, 1.807) is 24.3 Å². The first-order chi connectivity index (χ1) is 8.24. The summed E-state index contributed by atoms with van der Waals surface area (Å²) >= 11 is 1.36. The largest absolute Gasteiger partial charge is 0.356 e. The first kappa shape index (κ1) is 13.8. The van der Waals surface area contributed by atoms with E-state index in [1.807, 2.05) is 0 Å². The molecule has 1 rings (SSSR count). The summed E-state index contributed by atoms with van der Waals surface area (Å²) in [5, 5.41) is 2.77. The molecule has 0 radical (unpaired) electrons. The third-order valence-electron chi connectivity index (χ3n) is 2.09. The second-order valence-corrected chi connectivity index (χ2v) is 4.59. The van der Waals surface area contributed by atoms with Gasteiger partial charge in [0.25, 0.3) is 0 Å². The number of halogens is 1. The number of benzene rings is 1. The zero-order chi connectivity index (χ0) is 12.5. The highest BCUT2D eigenvalue weighted by Gasteiger charge is 2.03. The summed E-state index contributed by atoms with van der Waals surface area (Å²) in [5.74, 6) is 0.348. The smallest absolute Gasteiger partial charge is 0.220 e. The Bertz CT molecular complexity index is 381. The molecule has 1 aromatic carbocycles. The fraction of sp³-hybridized carbons (Fsp3) is 0.308. The molecule has 1 amide bonds. The first-order valence-electron chi connectivity index (χ1n) is 5.49. The van der Waals surface area contributed by atoms with E-state index in [4.69, 9.17) is 0 Å². The Balaban J connectivity index is 2.21. The summed E-state index contributed by atoms with van der Waals surface area (Å²) in [6.45, 7) is 4.19. The Morgan fingerprint density at radius 1 is 1.47 bits per heavy atom. The van der Waals surface area contributed by atoms with E-state index in [-0.39, 0.29) is 11.7 Å². The number of amides is 1. The molecule has 0 spiro atoms. The lowest BCUT2D eigenvalue weighted by Gasteiger charge is -2.04. The fourth-order valence-corrected chi connectivity index (χ4v) is 2.11. The molecule has 0 aliphatic heterocycles. The molecule has 0 fully saturated rings. The lowest BCUT2D eigenvalue weighted by Crippen LogP contribution is -2.24.